The highest BCUT2D eigenvalue weighted by Gasteiger charge is 2.55. The van der Waals surface area contributed by atoms with Gasteiger partial charge >= 0.3 is 0 Å². The summed E-state index contributed by atoms with van der Waals surface area (Å²) in [5.74, 6) is 2.21. The van der Waals surface area contributed by atoms with E-state index in [2.05, 4.69) is 19.1 Å². The molecule has 4 atom stereocenters. The number of nitrogens with zero attached hydrogens (tertiary/aromatic N) is 1. The summed E-state index contributed by atoms with van der Waals surface area (Å²) in [6.45, 7) is 3.44. The van der Waals surface area contributed by atoms with E-state index in [9.17, 15) is 5.11 Å². The second kappa shape index (κ2) is 5.33. The van der Waals surface area contributed by atoms with Gasteiger partial charge in [-0.1, -0.05) is 37.3 Å². The predicted octanol–water partition coefficient (Wildman–Crippen LogP) is 5.57. The van der Waals surface area contributed by atoms with E-state index in [1.165, 1.54) is 38.5 Å². The Hall–Kier alpha value is -1.83. The van der Waals surface area contributed by atoms with E-state index in [0.717, 1.165) is 34.7 Å². The SMILES string of the molecule is CC12C[C@H]3C[C@@H](C1)CC(CN=Cc1c(O)ccc4ccccc14)(C3)C2. The fourth-order valence-electron chi connectivity index (χ4n) is 6.86. The molecule has 0 aromatic heterocycles. The molecular weight excluding hydrogens is 306 g/mol. The van der Waals surface area contributed by atoms with Crippen LogP contribution in [0, 0.1) is 22.7 Å². The van der Waals surface area contributed by atoms with Crippen LogP contribution < -0.4 is 0 Å². The molecule has 6 rings (SSSR count). The zero-order valence-electron chi connectivity index (χ0n) is 15.0. The highest BCUT2D eigenvalue weighted by molar-refractivity contribution is 6.02. The van der Waals surface area contributed by atoms with E-state index in [-0.39, 0.29) is 0 Å². The number of fused-ring (bicyclic) bond motifs is 1. The molecule has 0 radical (unpaired) electrons. The van der Waals surface area contributed by atoms with Gasteiger partial charge in [-0.2, -0.15) is 0 Å². The zero-order valence-corrected chi connectivity index (χ0v) is 15.0. The summed E-state index contributed by atoms with van der Waals surface area (Å²) in [5, 5.41) is 12.6. The molecule has 2 unspecified atom stereocenters. The van der Waals surface area contributed by atoms with Gasteiger partial charge in [-0.05, 0) is 78.0 Å². The lowest BCUT2D eigenvalue weighted by Gasteiger charge is -2.61. The summed E-state index contributed by atoms with van der Waals surface area (Å²) >= 11 is 0. The van der Waals surface area contributed by atoms with Crippen molar-refractivity contribution in [1.29, 1.82) is 0 Å². The monoisotopic (exact) mass is 333 g/mol. The molecule has 2 aromatic carbocycles. The molecule has 4 bridgehead atoms. The Morgan fingerprint density at radius 1 is 1.08 bits per heavy atom. The van der Waals surface area contributed by atoms with Gasteiger partial charge in [0.1, 0.15) is 5.75 Å². The third-order valence-electron chi connectivity index (χ3n) is 7.07. The van der Waals surface area contributed by atoms with Crippen LogP contribution in [0.15, 0.2) is 41.4 Å². The fourth-order valence-corrected chi connectivity index (χ4v) is 6.86. The number of aliphatic imine (C=N–C) groups is 1. The molecule has 0 aliphatic heterocycles. The molecule has 2 aromatic rings. The highest BCUT2D eigenvalue weighted by Crippen LogP contribution is 2.65. The molecule has 2 nitrogen and oxygen atoms in total. The van der Waals surface area contributed by atoms with E-state index >= 15 is 0 Å². The maximum atomic E-state index is 10.3. The number of rotatable bonds is 3. The molecular formula is C23H27NO. The third-order valence-corrected chi connectivity index (χ3v) is 7.07. The van der Waals surface area contributed by atoms with E-state index < -0.39 is 0 Å². The fraction of sp³-hybridized carbons (Fsp3) is 0.522. The van der Waals surface area contributed by atoms with Crippen LogP contribution in [0.3, 0.4) is 0 Å². The molecule has 4 aliphatic rings. The van der Waals surface area contributed by atoms with Gasteiger partial charge < -0.3 is 5.11 Å². The van der Waals surface area contributed by atoms with Crippen LogP contribution >= 0.6 is 0 Å². The molecule has 0 amide bonds. The summed E-state index contributed by atoms with van der Waals surface area (Å²) in [6.07, 6.45) is 10.4. The first-order valence-electron chi connectivity index (χ1n) is 9.75. The smallest absolute Gasteiger partial charge is 0.124 e. The van der Waals surface area contributed by atoms with Crippen molar-refractivity contribution in [2.24, 2.45) is 27.7 Å². The van der Waals surface area contributed by atoms with Gasteiger partial charge in [-0.3, -0.25) is 4.99 Å². The van der Waals surface area contributed by atoms with Crippen LogP contribution in [-0.2, 0) is 0 Å². The lowest BCUT2D eigenvalue weighted by molar-refractivity contribution is -0.0961. The van der Waals surface area contributed by atoms with Crippen molar-refractivity contribution in [3.63, 3.8) is 0 Å². The van der Waals surface area contributed by atoms with Gasteiger partial charge in [0.2, 0.25) is 0 Å². The minimum Gasteiger partial charge on any atom is -0.507 e. The number of phenols is 1. The van der Waals surface area contributed by atoms with Crippen molar-refractivity contribution in [3.8, 4) is 5.75 Å². The van der Waals surface area contributed by atoms with Crippen molar-refractivity contribution in [1.82, 2.24) is 0 Å². The number of benzene rings is 2. The van der Waals surface area contributed by atoms with E-state index in [0.29, 0.717) is 16.6 Å². The van der Waals surface area contributed by atoms with Crippen LogP contribution in [0.1, 0.15) is 51.0 Å². The molecule has 4 saturated carbocycles. The summed E-state index contributed by atoms with van der Waals surface area (Å²) in [6, 6.07) is 12.0. The average Bonchev–Trinajstić information content (AvgIpc) is 2.54. The number of hydrogen-bond acceptors (Lipinski definition) is 2. The Bertz CT molecular complexity index is 838. The molecule has 4 fully saturated rings. The first-order valence-corrected chi connectivity index (χ1v) is 9.75. The molecule has 2 heteroatoms. The van der Waals surface area contributed by atoms with E-state index in [4.69, 9.17) is 4.99 Å². The summed E-state index contributed by atoms with van der Waals surface area (Å²) in [4.78, 5) is 4.89. The van der Waals surface area contributed by atoms with Crippen LogP contribution in [0.25, 0.3) is 10.8 Å². The Kier molecular flexibility index (Phi) is 3.29. The Balaban J connectivity index is 1.43. The number of aromatic hydroxyl groups is 1. The van der Waals surface area contributed by atoms with Crippen molar-refractivity contribution >= 4 is 17.0 Å². The van der Waals surface area contributed by atoms with Crippen molar-refractivity contribution in [2.75, 3.05) is 6.54 Å². The van der Waals surface area contributed by atoms with Crippen LogP contribution in [0.2, 0.25) is 0 Å². The Labute approximate surface area is 150 Å². The highest BCUT2D eigenvalue weighted by atomic mass is 16.3. The zero-order chi connectivity index (χ0) is 17.1. The number of hydrogen-bond donors (Lipinski definition) is 1. The topological polar surface area (TPSA) is 32.6 Å². The van der Waals surface area contributed by atoms with Gasteiger partial charge in [0, 0.05) is 18.3 Å². The van der Waals surface area contributed by atoms with Gasteiger partial charge in [0.05, 0.1) is 0 Å². The Morgan fingerprint density at radius 3 is 2.60 bits per heavy atom. The van der Waals surface area contributed by atoms with E-state index in [1.54, 1.807) is 6.07 Å². The first kappa shape index (κ1) is 15.4. The summed E-state index contributed by atoms with van der Waals surface area (Å²) < 4.78 is 0. The molecule has 0 saturated heterocycles. The first-order chi connectivity index (χ1) is 12.0. The largest absolute Gasteiger partial charge is 0.507 e. The lowest BCUT2D eigenvalue weighted by Crippen LogP contribution is -2.51. The summed E-state index contributed by atoms with van der Waals surface area (Å²) in [7, 11) is 0. The molecule has 0 heterocycles. The molecule has 4 aliphatic carbocycles. The average molecular weight is 333 g/mol. The van der Waals surface area contributed by atoms with Crippen LogP contribution in [0.5, 0.6) is 5.75 Å². The second-order valence-electron chi connectivity index (χ2n) is 9.46. The maximum absolute atomic E-state index is 10.3. The van der Waals surface area contributed by atoms with Crippen LogP contribution in [0.4, 0.5) is 0 Å². The van der Waals surface area contributed by atoms with Crippen molar-refractivity contribution < 1.29 is 5.11 Å². The van der Waals surface area contributed by atoms with Gasteiger partial charge in [-0.25, -0.2) is 0 Å². The maximum Gasteiger partial charge on any atom is 0.124 e. The lowest BCUT2D eigenvalue weighted by atomic mass is 9.45. The molecule has 25 heavy (non-hydrogen) atoms. The quantitative estimate of drug-likeness (QED) is 0.732. The van der Waals surface area contributed by atoms with Gasteiger partial charge in [0.25, 0.3) is 0 Å². The number of phenolic OH excluding ortho intramolecular Hbond substituents is 1. The second-order valence-corrected chi connectivity index (χ2v) is 9.46. The molecule has 0 spiro atoms. The predicted molar refractivity (Wildman–Crippen MR) is 103 cm³/mol. The molecule has 130 valence electrons. The normalized spacial score (nSPS) is 36.5. The van der Waals surface area contributed by atoms with Gasteiger partial charge in [0.15, 0.2) is 0 Å². The minimum atomic E-state index is 0.333. The standard InChI is InChI=1S/C23H27NO/c1-22-9-16-8-17(10-22)12-23(11-16,14-22)15-24-13-20-19-5-3-2-4-18(19)6-7-21(20)25/h2-7,13,16-17,25H,8-12,14-15H2,1H3/t16-,17+,22?,23?. The summed E-state index contributed by atoms with van der Waals surface area (Å²) in [5.41, 5.74) is 1.87. The van der Waals surface area contributed by atoms with Crippen molar-refractivity contribution in [2.45, 2.75) is 45.4 Å². The van der Waals surface area contributed by atoms with Crippen LogP contribution in [-0.4, -0.2) is 17.9 Å². The molecule has 1 N–H and O–H groups in total. The van der Waals surface area contributed by atoms with E-state index in [1.807, 2.05) is 24.4 Å². The Morgan fingerprint density at radius 2 is 1.84 bits per heavy atom. The van der Waals surface area contributed by atoms with Crippen molar-refractivity contribution in [3.05, 3.63) is 42.0 Å². The van der Waals surface area contributed by atoms with Gasteiger partial charge in [-0.15, -0.1) is 0 Å². The third kappa shape index (κ3) is 2.58. The minimum absolute atomic E-state index is 0.333.